The molecule has 0 aliphatic carbocycles. The van der Waals surface area contributed by atoms with Crippen molar-refractivity contribution < 1.29 is 34.1 Å². The number of aliphatic hydroxyl groups excluding tert-OH is 1. The molecule has 0 atom stereocenters. The quantitative estimate of drug-likeness (QED) is 0.274. The fourth-order valence-corrected chi connectivity index (χ4v) is 1.07. The summed E-state index contributed by atoms with van der Waals surface area (Å²) in [5.41, 5.74) is 10.5. The Kier molecular flexibility index (Phi) is 30.4. The third-order valence-electron chi connectivity index (χ3n) is 2.60. The maximum absolute atomic E-state index is 10.1. The van der Waals surface area contributed by atoms with E-state index in [1.807, 2.05) is 36.4 Å². The largest absolute Gasteiger partial charge is 0.478 e. The Hall–Kier alpha value is -4.24. The van der Waals surface area contributed by atoms with Crippen molar-refractivity contribution in [3.63, 3.8) is 0 Å². The molecule has 33 heavy (non-hydrogen) atoms. The lowest BCUT2D eigenvalue weighted by molar-refractivity contribution is -0.135. The van der Waals surface area contributed by atoms with Crippen LogP contribution in [0.1, 0.15) is 25.8 Å². The molecule has 2 amide bonds. The number of carbonyl (C=O) groups is 4. The maximum Gasteiger partial charge on any atom is 0.330 e. The van der Waals surface area contributed by atoms with Gasteiger partial charge in [0.1, 0.15) is 0 Å². The number of hydrogen-bond donors (Lipinski definition) is 4. The van der Waals surface area contributed by atoms with Crippen LogP contribution in [0.25, 0.3) is 6.08 Å². The monoisotopic (exact) mass is 462 g/mol. The number of carbonyl (C=O) groups excluding carboxylic acids is 3. The number of carboxylic acid groups (broad SMARTS) is 1. The number of carboxylic acids is 1. The van der Waals surface area contributed by atoms with Gasteiger partial charge >= 0.3 is 11.9 Å². The van der Waals surface area contributed by atoms with Crippen LogP contribution in [-0.2, 0) is 23.9 Å². The SMILES string of the molecule is C=CC(N)=O.C=CC(N)=O.C=COC(C)=O.C=Cc1ccccc1.CC(=CCCO)C(=O)O. The Labute approximate surface area is 195 Å². The second-order valence-electron chi connectivity index (χ2n) is 5.31. The minimum Gasteiger partial charge on any atom is -0.478 e. The third-order valence-corrected chi connectivity index (χ3v) is 2.60. The number of aliphatic carboxylic acids is 1. The minimum atomic E-state index is -0.927. The van der Waals surface area contributed by atoms with E-state index in [4.69, 9.17) is 10.2 Å². The van der Waals surface area contributed by atoms with E-state index in [0.717, 1.165) is 18.4 Å². The van der Waals surface area contributed by atoms with E-state index in [1.54, 1.807) is 0 Å². The highest BCUT2D eigenvalue weighted by Gasteiger charge is 1.96. The van der Waals surface area contributed by atoms with Crippen LogP contribution in [0, 0.1) is 0 Å². The van der Waals surface area contributed by atoms with E-state index < -0.39 is 17.8 Å². The molecule has 1 aromatic rings. The molecular weight excluding hydrogens is 428 g/mol. The Morgan fingerprint density at radius 1 is 0.939 bits per heavy atom. The van der Waals surface area contributed by atoms with E-state index in [0.29, 0.717) is 6.42 Å². The van der Waals surface area contributed by atoms with Crippen molar-refractivity contribution in [1.29, 1.82) is 0 Å². The van der Waals surface area contributed by atoms with E-state index >= 15 is 0 Å². The molecular formula is C24H34N2O7. The molecule has 182 valence electrons. The minimum absolute atomic E-state index is 0.00458. The number of nitrogens with two attached hydrogens (primary N) is 2. The first-order valence-corrected chi connectivity index (χ1v) is 9.23. The molecule has 9 heteroatoms. The average Bonchev–Trinajstić information content (AvgIpc) is 2.79. The molecule has 0 bridgehead atoms. The van der Waals surface area contributed by atoms with Crippen molar-refractivity contribution in [3.05, 3.63) is 92.3 Å². The highest BCUT2D eigenvalue weighted by molar-refractivity contribution is 5.86. The standard InChI is InChI=1S/C8H8.C6H10O3.C4H6O2.2C3H5NO/c1-2-8-6-4-3-5-7-8;1-5(6(8)9)3-2-4-7;1-3-6-4(2)5;2*1-2-3(4)5/h2-7H,1H2;3,7H,2,4H2,1H3,(H,8,9);3H,1H2,2H3;2*2H,1H2,(H2,4,5). The van der Waals surface area contributed by atoms with E-state index in [1.165, 1.54) is 25.5 Å². The molecule has 0 radical (unpaired) electrons. The van der Waals surface area contributed by atoms with Crippen LogP contribution in [0.4, 0.5) is 0 Å². The Morgan fingerprint density at radius 2 is 1.36 bits per heavy atom. The topological polar surface area (TPSA) is 170 Å². The summed E-state index contributed by atoms with van der Waals surface area (Å²) in [5, 5.41) is 16.5. The summed E-state index contributed by atoms with van der Waals surface area (Å²) in [5.74, 6) is -2.22. The highest BCUT2D eigenvalue weighted by Crippen LogP contribution is 1.97. The van der Waals surface area contributed by atoms with Gasteiger partial charge in [0.2, 0.25) is 11.8 Å². The van der Waals surface area contributed by atoms with Gasteiger partial charge in [-0.2, -0.15) is 0 Å². The highest BCUT2D eigenvalue weighted by atomic mass is 16.5. The first-order valence-electron chi connectivity index (χ1n) is 9.23. The van der Waals surface area contributed by atoms with Crippen molar-refractivity contribution in [3.8, 4) is 0 Å². The zero-order chi connectivity index (χ0) is 26.7. The number of primary amides is 2. The van der Waals surface area contributed by atoms with Crippen molar-refractivity contribution in [2.45, 2.75) is 20.3 Å². The van der Waals surface area contributed by atoms with Gasteiger partial charge in [0.15, 0.2) is 0 Å². The smallest absolute Gasteiger partial charge is 0.330 e. The lowest BCUT2D eigenvalue weighted by atomic mass is 10.2. The molecule has 0 saturated heterocycles. The van der Waals surface area contributed by atoms with Crippen molar-refractivity contribution >= 4 is 29.8 Å². The van der Waals surface area contributed by atoms with Crippen LogP contribution >= 0.6 is 0 Å². The number of ether oxygens (including phenoxy) is 1. The van der Waals surface area contributed by atoms with Crippen molar-refractivity contribution in [1.82, 2.24) is 0 Å². The van der Waals surface area contributed by atoms with Gasteiger partial charge in [-0.05, 0) is 31.1 Å². The van der Waals surface area contributed by atoms with E-state index in [2.05, 4.69) is 42.5 Å². The number of hydrogen-bond acceptors (Lipinski definition) is 6. The van der Waals surface area contributed by atoms with Crippen LogP contribution in [0.3, 0.4) is 0 Å². The van der Waals surface area contributed by atoms with Gasteiger partial charge in [0, 0.05) is 19.1 Å². The van der Waals surface area contributed by atoms with Crippen molar-refractivity contribution in [2.75, 3.05) is 6.61 Å². The summed E-state index contributed by atoms with van der Waals surface area (Å²) in [6, 6.07) is 10.0. The number of rotatable bonds is 7. The Morgan fingerprint density at radius 3 is 1.55 bits per heavy atom. The molecule has 0 spiro atoms. The van der Waals surface area contributed by atoms with Crippen LogP contribution in [0.5, 0.6) is 0 Å². The molecule has 0 unspecified atom stereocenters. The second kappa shape index (κ2) is 27.8. The normalized spacial score (nSPS) is 8.39. The van der Waals surface area contributed by atoms with Gasteiger partial charge in [0.05, 0.1) is 6.26 Å². The zero-order valence-electron chi connectivity index (χ0n) is 19.1. The molecule has 9 nitrogen and oxygen atoms in total. The molecule has 0 aliphatic heterocycles. The summed E-state index contributed by atoms with van der Waals surface area (Å²) < 4.78 is 4.17. The maximum atomic E-state index is 10.1. The second-order valence-corrected chi connectivity index (χ2v) is 5.31. The van der Waals surface area contributed by atoms with Crippen LogP contribution in [0.2, 0.25) is 0 Å². The molecule has 0 fully saturated rings. The molecule has 6 N–H and O–H groups in total. The Bertz CT molecular complexity index is 752. The lowest BCUT2D eigenvalue weighted by Gasteiger charge is -1.89. The molecule has 0 saturated carbocycles. The van der Waals surface area contributed by atoms with Gasteiger partial charge < -0.3 is 26.4 Å². The fourth-order valence-electron chi connectivity index (χ4n) is 1.07. The number of amides is 2. The van der Waals surface area contributed by atoms with Gasteiger partial charge in [-0.15, -0.1) is 0 Å². The van der Waals surface area contributed by atoms with Crippen LogP contribution in [-0.4, -0.2) is 40.6 Å². The summed E-state index contributed by atoms with van der Waals surface area (Å²) in [6.45, 7) is 15.8. The van der Waals surface area contributed by atoms with Gasteiger partial charge in [0.25, 0.3) is 0 Å². The van der Waals surface area contributed by atoms with E-state index in [9.17, 15) is 19.2 Å². The Balaban J connectivity index is -0.000000163. The molecule has 1 rings (SSSR count). The molecule has 1 aromatic carbocycles. The predicted octanol–water partition coefficient (Wildman–Crippen LogP) is 2.74. The first kappa shape index (κ1) is 36.2. The predicted molar refractivity (Wildman–Crippen MR) is 130 cm³/mol. The summed E-state index contributed by atoms with van der Waals surface area (Å²) in [4.78, 5) is 38.7. The third kappa shape index (κ3) is 42.7. The summed E-state index contributed by atoms with van der Waals surface area (Å²) in [6.07, 6.45) is 6.95. The number of aliphatic hydroxyl groups is 1. The summed E-state index contributed by atoms with van der Waals surface area (Å²) >= 11 is 0. The van der Waals surface area contributed by atoms with Crippen molar-refractivity contribution in [2.24, 2.45) is 11.5 Å². The molecule has 0 aliphatic rings. The molecule has 0 aromatic heterocycles. The number of benzene rings is 1. The van der Waals surface area contributed by atoms with Crippen LogP contribution in [0.15, 0.2) is 86.7 Å². The van der Waals surface area contributed by atoms with Crippen LogP contribution < -0.4 is 11.5 Å². The van der Waals surface area contributed by atoms with Gasteiger partial charge in [-0.1, -0.05) is 68.8 Å². The summed E-state index contributed by atoms with van der Waals surface area (Å²) in [7, 11) is 0. The molecule has 0 heterocycles. The van der Waals surface area contributed by atoms with Gasteiger partial charge in [-0.25, -0.2) is 4.79 Å². The fraction of sp³-hybridized carbons (Fsp3) is 0.167. The van der Waals surface area contributed by atoms with Gasteiger partial charge in [-0.3, -0.25) is 14.4 Å². The zero-order valence-corrected chi connectivity index (χ0v) is 19.1. The van der Waals surface area contributed by atoms with E-state index in [-0.39, 0.29) is 18.1 Å². The lowest BCUT2D eigenvalue weighted by Crippen LogP contribution is -2.04. The first-order chi connectivity index (χ1) is 15.4. The average molecular weight is 463 g/mol. The number of esters is 1.